The predicted molar refractivity (Wildman–Crippen MR) is 122 cm³/mol. The van der Waals surface area contributed by atoms with Gasteiger partial charge in [0.15, 0.2) is 0 Å². The Morgan fingerprint density at radius 2 is 1.64 bits per heavy atom. The average molecular weight is 449 g/mol. The summed E-state index contributed by atoms with van der Waals surface area (Å²) in [6, 6.07) is 15.6. The van der Waals surface area contributed by atoms with Crippen LogP contribution in [0.4, 0.5) is 4.79 Å². The van der Waals surface area contributed by atoms with Gasteiger partial charge in [-0.2, -0.15) is 0 Å². The number of alkyl carbamates (subject to hydrolysis) is 1. The number of carboxylic acids is 1. The SMILES string of the molecule is C[C@@H](NC(=O)C1CC2CC(NC(=O)OCC3c4ccccc4-c4ccccc43)C2C1)C(=O)O. The third-order valence-corrected chi connectivity index (χ3v) is 7.57. The van der Waals surface area contributed by atoms with Gasteiger partial charge in [0, 0.05) is 17.9 Å². The van der Waals surface area contributed by atoms with Crippen LogP contribution in [0.25, 0.3) is 11.1 Å². The van der Waals surface area contributed by atoms with Crippen LogP contribution in [0.5, 0.6) is 0 Å². The van der Waals surface area contributed by atoms with Crippen molar-refractivity contribution in [2.75, 3.05) is 6.61 Å². The van der Waals surface area contributed by atoms with Crippen LogP contribution in [-0.2, 0) is 14.3 Å². The van der Waals surface area contributed by atoms with Gasteiger partial charge in [0.1, 0.15) is 12.6 Å². The molecule has 7 heteroatoms. The third-order valence-electron chi connectivity index (χ3n) is 7.57. The molecule has 2 aromatic rings. The van der Waals surface area contributed by atoms with Gasteiger partial charge in [0.2, 0.25) is 5.91 Å². The molecule has 2 aromatic carbocycles. The zero-order valence-electron chi connectivity index (χ0n) is 18.5. The maximum absolute atomic E-state index is 12.6. The number of fused-ring (bicyclic) bond motifs is 4. The van der Waals surface area contributed by atoms with Gasteiger partial charge in [0.25, 0.3) is 0 Å². The molecule has 0 heterocycles. The highest BCUT2D eigenvalue weighted by Crippen LogP contribution is 2.50. The number of carbonyl (C=O) groups excluding carboxylic acids is 2. The molecule has 0 saturated heterocycles. The van der Waals surface area contributed by atoms with E-state index in [-0.39, 0.29) is 36.3 Å². The van der Waals surface area contributed by atoms with Crippen molar-refractivity contribution in [3.05, 3.63) is 59.7 Å². The van der Waals surface area contributed by atoms with Crippen LogP contribution in [-0.4, -0.2) is 41.8 Å². The Morgan fingerprint density at radius 3 is 2.27 bits per heavy atom. The fraction of sp³-hybridized carbons (Fsp3) is 0.423. The molecule has 33 heavy (non-hydrogen) atoms. The summed E-state index contributed by atoms with van der Waals surface area (Å²) in [6.45, 7) is 1.74. The quantitative estimate of drug-likeness (QED) is 0.627. The molecule has 5 atom stereocenters. The number of aliphatic carboxylic acids is 1. The minimum atomic E-state index is -1.04. The molecule has 3 aliphatic rings. The third kappa shape index (κ3) is 3.96. The highest BCUT2D eigenvalue weighted by atomic mass is 16.5. The summed E-state index contributed by atoms with van der Waals surface area (Å²) in [5.41, 5.74) is 4.73. The van der Waals surface area contributed by atoms with Gasteiger partial charge in [-0.1, -0.05) is 48.5 Å². The van der Waals surface area contributed by atoms with Crippen LogP contribution in [0.1, 0.15) is 43.2 Å². The molecule has 0 spiro atoms. The lowest BCUT2D eigenvalue weighted by Gasteiger charge is -2.40. The number of benzene rings is 2. The zero-order chi connectivity index (χ0) is 23.1. The molecule has 2 amide bonds. The summed E-state index contributed by atoms with van der Waals surface area (Å²) < 4.78 is 5.65. The molecular formula is C26H28N2O5. The fourth-order valence-corrected chi connectivity index (χ4v) is 5.79. The van der Waals surface area contributed by atoms with E-state index in [1.165, 1.54) is 29.2 Å². The summed E-state index contributed by atoms with van der Waals surface area (Å²) in [5.74, 6) is -0.802. The van der Waals surface area contributed by atoms with Gasteiger partial charge < -0.3 is 20.5 Å². The molecular weight excluding hydrogens is 420 g/mol. The first-order valence-electron chi connectivity index (χ1n) is 11.6. The minimum Gasteiger partial charge on any atom is -0.480 e. The first-order valence-corrected chi connectivity index (χ1v) is 11.6. The van der Waals surface area contributed by atoms with E-state index in [0.717, 1.165) is 12.8 Å². The largest absolute Gasteiger partial charge is 0.480 e. The number of nitrogens with one attached hydrogen (secondary N) is 2. The molecule has 5 rings (SSSR count). The molecule has 0 radical (unpaired) electrons. The second-order valence-corrected chi connectivity index (χ2v) is 9.47. The Bertz CT molecular complexity index is 1050. The van der Waals surface area contributed by atoms with Gasteiger partial charge in [-0.3, -0.25) is 9.59 Å². The van der Waals surface area contributed by atoms with Crippen molar-refractivity contribution >= 4 is 18.0 Å². The van der Waals surface area contributed by atoms with E-state index in [1.54, 1.807) is 0 Å². The van der Waals surface area contributed by atoms with Crippen LogP contribution in [0, 0.1) is 17.8 Å². The zero-order valence-corrected chi connectivity index (χ0v) is 18.5. The number of hydrogen-bond donors (Lipinski definition) is 3. The molecule has 0 aliphatic heterocycles. The Kier molecular flexibility index (Phi) is 5.56. The van der Waals surface area contributed by atoms with Crippen molar-refractivity contribution in [3.8, 4) is 11.1 Å². The van der Waals surface area contributed by atoms with E-state index >= 15 is 0 Å². The van der Waals surface area contributed by atoms with E-state index < -0.39 is 18.1 Å². The number of rotatable bonds is 6. The van der Waals surface area contributed by atoms with Crippen LogP contribution in [0.2, 0.25) is 0 Å². The van der Waals surface area contributed by atoms with Crippen LogP contribution in [0.3, 0.4) is 0 Å². The Morgan fingerprint density at radius 1 is 1.00 bits per heavy atom. The van der Waals surface area contributed by atoms with Crippen molar-refractivity contribution in [1.82, 2.24) is 10.6 Å². The maximum Gasteiger partial charge on any atom is 0.407 e. The Labute approximate surface area is 192 Å². The van der Waals surface area contributed by atoms with E-state index in [0.29, 0.717) is 12.3 Å². The first kappa shape index (κ1) is 21.5. The van der Waals surface area contributed by atoms with Gasteiger partial charge in [-0.25, -0.2) is 4.79 Å². The van der Waals surface area contributed by atoms with Crippen molar-refractivity contribution in [3.63, 3.8) is 0 Å². The van der Waals surface area contributed by atoms with Gasteiger partial charge in [-0.05, 0) is 60.3 Å². The number of hydrogen-bond acceptors (Lipinski definition) is 4. The Balaban J connectivity index is 1.14. The smallest absolute Gasteiger partial charge is 0.407 e. The van der Waals surface area contributed by atoms with Gasteiger partial charge in [0.05, 0.1) is 0 Å². The average Bonchev–Trinajstić information content (AvgIpc) is 3.31. The van der Waals surface area contributed by atoms with Crippen molar-refractivity contribution < 1.29 is 24.2 Å². The second-order valence-electron chi connectivity index (χ2n) is 9.47. The summed E-state index contributed by atoms with van der Waals surface area (Å²) in [5, 5.41) is 14.5. The first-order chi connectivity index (χ1) is 15.9. The van der Waals surface area contributed by atoms with Gasteiger partial charge in [-0.15, -0.1) is 0 Å². The summed E-state index contributed by atoms with van der Waals surface area (Å²) in [4.78, 5) is 35.9. The summed E-state index contributed by atoms with van der Waals surface area (Å²) >= 11 is 0. The molecule has 3 aliphatic carbocycles. The van der Waals surface area contributed by atoms with Crippen LogP contribution < -0.4 is 10.6 Å². The summed E-state index contributed by atoms with van der Waals surface area (Å²) in [6.07, 6.45) is 1.81. The van der Waals surface area contributed by atoms with E-state index in [2.05, 4.69) is 34.9 Å². The van der Waals surface area contributed by atoms with Gasteiger partial charge >= 0.3 is 12.1 Å². The van der Waals surface area contributed by atoms with E-state index in [9.17, 15) is 14.4 Å². The highest BCUT2D eigenvalue weighted by molar-refractivity contribution is 5.85. The maximum atomic E-state index is 12.6. The molecule has 0 bridgehead atoms. The number of carboxylic acid groups (broad SMARTS) is 1. The number of ether oxygens (including phenoxy) is 1. The van der Waals surface area contributed by atoms with E-state index in [4.69, 9.17) is 9.84 Å². The second kappa shape index (κ2) is 8.54. The highest BCUT2D eigenvalue weighted by Gasteiger charge is 2.50. The molecule has 3 N–H and O–H groups in total. The van der Waals surface area contributed by atoms with E-state index in [1.807, 2.05) is 24.3 Å². The topological polar surface area (TPSA) is 105 Å². The molecule has 172 valence electrons. The number of carbonyl (C=O) groups is 3. The van der Waals surface area contributed by atoms with Crippen molar-refractivity contribution in [2.45, 2.75) is 44.2 Å². The lowest BCUT2D eigenvalue weighted by molar-refractivity contribution is -0.141. The molecule has 2 saturated carbocycles. The van der Waals surface area contributed by atoms with Crippen molar-refractivity contribution in [1.29, 1.82) is 0 Å². The number of amides is 2. The predicted octanol–water partition coefficient (Wildman–Crippen LogP) is 3.53. The molecule has 0 aromatic heterocycles. The minimum absolute atomic E-state index is 0.000322. The van der Waals surface area contributed by atoms with Crippen molar-refractivity contribution in [2.24, 2.45) is 17.8 Å². The molecule has 7 nitrogen and oxygen atoms in total. The lowest BCUT2D eigenvalue weighted by atomic mass is 9.71. The lowest BCUT2D eigenvalue weighted by Crippen LogP contribution is -2.50. The monoisotopic (exact) mass is 448 g/mol. The Hall–Kier alpha value is -3.35. The van der Waals surface area contributed by atoms with Crippen LogP contribution >= 0.6 is 0 Å². The summed E-state index contributed by atoms with van der Waals surface area (Å²) in [7, 11) is 0. The molecule has 4 unspecified atom stereocenters. The normalized spacial score (nSPS) is 25.7. The van der Waals surface area contributed by atoms with Crippen LogP contribution in [0.15, 0.2) is 48.5 Å². The molecule has 2 fully saturated rings. The standard InChI is InChI=1S/C26H28N2O5/c1-14(25(30)31)27-24(29)16-10-15-12-23(21(15)11-16)28-26(32)33-13-22-19-8-4-2-6-17(19)18-7-3-5-9-20(18)22/h2-9,14-16,21-23H,10-13H2,1H3,(H,27,29)(H,28,32)(H,30,31)/t14-,15?,16?,21?,23?/m1/s1. The fourth-order valence-electron chi connectivity index (χ4n) is 5.79.